The molecule has 26 nitrogen and oxygen atoms in total. The predicted molar refractivity (Wildman–Crippen MR) is 274 cm³/mol. The number of carbonyl (C=O) groups is 5. The molecule has 1 saturated heterocycles. The highest BCUT2D eigenvalue weighted by Crippen LogP contribution is 2.40. The Bertz CT molecular complexity index is 2910. The van der Waals surface area contributed by atoms with Gasteiger partial charge in [0.25, 0.3) is 11.8 Å². The Balaban J connectivity index is 0.00000882. The molecular weight excluding hydrogens is 1040 g/mol. The number of hydrogen-bond acceptors (Lipinski definition) is 19. The van der Waals surface area contributed by atoms with E-state index in [1.54, 1.807) is 18.5 Å². The summed E-state index contributed by atoms with van der Waals surface area (Å²) in [5, 5.41) is 67.3. The smallest absolute Gasteiger partial charge is 0.335 e. The van der Waals surface area contributed by atoms with Crippen molar-refractivity contribution >= 4 is 62.4 Å². The molecular formula is C51H66N8O18S. The van der Waals surface area contributed by atoms with Gasteiger partial charge >= 0.3 is 16.3 Å². The number of ether oxygens (including phenoxy) is 5. The third-order valence-corrected chi connectivity index (χ3v) is 14.1. The van der Waals surface area contributed by atoms with Gasteiger partial charge in [-0.3, -0.25) is 32.8 Å². The van der Waals surface area contributed by atoms with Crippen molar-refractivity contribution < 1.29 is 90.4 Å². The molecule has 0 bridgehead atoms. The quantitative estimate of drug-likeness (QED) is 0.0158. The highest BCUT2D eigenvalue weighted by Gasteiger charge is 2.48. The van der Waals surface area contributed by atoms with E-state index in [1.807, 2.05) is 33.5 Å². The second-order valence-corrected chi connectivity index (χ2v) is 20.1. The molecule has 4 amide bonds. The minimum absolute atomic E-state index is 0. The topological polar surface area (TPSA) is 363 Å². The first-order valence-corrected chi connectivity index (χ1v) is 26.5. The molecule has 0 spiro atoms. The molecule has 27 heteroatoms. The molecule has 4 heterocycles. The van der Waals surface area contributed by atoms with Crippen LogP contribution in [0.2, 0.25) is 0 Å². The minimum Gasteiger partial charge on any atom is -0.479 e. The number of benzene rings is 2. The first-order valence-electron chi connectivity index (χ1n) is 25.1. The molecule has 2 aliphatic heterocycles. The van der Waals surface area contributed by atoms with Crippen LogP contribution < -0.4 is 30.4 Å². The monoisotopic (exact) mass is 1110 g/mol. The fourth-order valence-corrected chi connectivity index (χ4v) is 10.1. The van der Waals surface area contributed by atoms with Crippen LogP contribution in [0.25, 0.3) is 11.0 Å². The number of fused-ring (bicyclic) bond motifs is 2. The SMILES string of the molecule is NS(=O)(=O)OC[C@H]1C[C@H](n2ccc3c(N[C@@H]4CCc5ccccc54)nc[n+](Cc4ccc(O[C@@H]5O[C@H](C(=O)O)[C@@H](O)[C@H](O)[C@H]5O)c(NC(=O)CCNC(=O)CCOCCOCCOCCN5C(=O)C=CC5=O)c4)c32)C[C@H]1O.[CH3-]. The van der Waals surface area contributed by atoms with Crippen molar-refractivity contribution in [3.63, 3.8) is 0 Å². The number of nitrogens with zero attached hydrogens (tertiary/aromatic N) is 4. The Morgan fingerprint density at radius 1 is 0.872 bits per heavy atom. The summed E-state index contributed by atoms with van der Waals surface area (Å²) < 4.78 is 59.6. The van der Waals surface area contributed by atoms with Gasteiger partial charge in [0.15, 0.2) is 6.10 Å². The number of aromatic nitrogens is 3. The van der Waals surface area contributed by atoms with Gasteiger partial charge in [-0.15, -0.1) is 0 Å². The summed E-state index contributed by atoms with van der Waals surface area (Å²) in [5.41, 5.74) is 3.70. The number of aryl methyl sites for hydroxylation is 1. The Morgan fingerprint density at radius 2 is 1.59 bits per heavy atom. The van der Waals surface area contributed by atoms with E-state index in [4.69, 9.17) is 38.0 Å². The van der Waals surface area contributed by atoms with E-state index in [0.29, 0.717) is 23.4 Å². The zero-order valence-corrected chi connectivity index (χ0v) is 43.6. The van der Waals surface area contributed by atoms with Crippen molar-refractivity contribution in [1.82, 2.24) is 19.8 Å². The van der Waals surface area contributed by atoms with Crippen molar-refractivity contribution in [2.45, 2.75) is 94.0 Å². The van der Waals surface area contributed by atoms with E-state index in [9.17, 15) is 57.9 Å². The summed E-state index contributed by atoms with van der Waals surface area (Å²) in [4.78, 5) is 67.2. The molecule has 2 fully saturated rings. The number of carboxylic acid groups (broad SMARTS) is 1. The van der Waals surface area contributed by atoms with Crippen LogP contribution in [0.1, 0.15) is 60.9 Å². The number of amides is 4. The lowest BCUT2D eigenvalue weighted by Gasteiger charge is -2.38. The predicted octanol–water partition coefficient (Wildman–Crippen LogP) is -0.465. The maximum Gasteiger partial charge on any atom is 0.335 e. The van der Waals surface area contributed by atoms with E-state index in [-0.39, 0.29) is 128 Å². The van der Waals surface area contributed by atoms with Crippen LogP contribution in [-0.4, -0.2) is 174 Å². The Kier molecular flexibility index (Phi) is 20.4. The van der Waals surface area contributed by atoms with Gasteiger partial charge in [0.05, 0.1) is 89.4 Å². The number of anilines is 2. The van der Waals surface area contributed by atoms with E-state index in [1.165, 1.54) is 29.3 Å². The summed E-state index contributed by atoms with van der Waals surface area (Å²) in [7, 11) is -4.25. The number of nitrogens with one attached hydrogen (secondary N) is 3. The van der Waals surface area contributed by atoms with Crippen LogP contribution in [0.4, 0.5) is 11.5 Å². The molecule has 8 rings (SSSR count). The number of carbonyl (C=O) groups excluding carboxylic acids is 4. The highest BCUT2D eigenvalue weighted by atomic mass is 32.2. The van der Waals surface area contributed by atoms with E-state index < -0.39 is 70.8 Å². The Morgan fingerprint density at radius 3 is 2.32 bits per heavy atom. The molecule has 0 radical (unpaired) electrons. The van der Waals surface area contributed by atoms with Crippen LogP contribution in [0.15, 0.2) is 73.2 Å². The average molecular weight is 1110 g/mol. The van der Waals surface area contributed by atoms with Crippen LogP contribution in [0.5, 0.6) is 5.75 Å². The van der Waals surface area contributed by atoms with Crippen molar-refractivity contribution in [2.75, 3.05) is 70.0 Å². The molecule has 10 N–H and O–H groups in total. The average Bonchev–Trinajstić information content (AvgIpc) is 4.24. The maximum atomic E-state index is 13.6. The summed E-state index contributed by atoms with van der Waals surface area (Å²) in [6.45, 7) is 1.01. The molecule has 2 aromatic carbocycles. The maximum absolute atomic E-state index is 13.6. The lowest BCUT2D eigenvalue weighted by molar-refractivity contribution is -0.668. The summed E-state index contributed by atoms with van der Waals surface area (Å²) in [6.07, 6.45) is -2.51. The van der Waals surface area contributed by atoms with E-state index >= 15 is 0 Å². The van der Waals surface area contributed by atoms with Gasteiger partial charge in [0, 0.05) is 43.9 Å². The van der Waals surface area contributed by atoms with Crippen LogP contribution in [0.3, 0.4) is 0 Å². The van der Waals surface area contributed by atoms with Gasteiger partial charge in [-0.2, -0.15) is 8.42 Å². The molecule has 424 valence electrons. The van der Waals surface area contributed by atoms with Crippen LogP contribution in [0, 0.1) is 13.3 Å². The molecule has 4 aliphatic rings. The highest BCUT2D eigenvalue weighted by molar-refractivity contribution is 7.84. The van der Waals surface area contributed by atoms with E-state index in [0.717, 1.165) is 23.1 Å². The van der Waals surface area contributed by atoms with Crippen LogP contribution >= 0.6 is 0 Å². The summed E-state index contributed by atoms with van der Waals surface area (Å²) in [6, 6.07) is 14.4. The number of rotatable bonds is 27. The first-order chi connectivity index (χ1) is 36.9. The summed E-state index contributed by atoms with van der Waals surface area (Å²) >= 11 is 0. The molecule has 2 aliphatic carbocycles. The normalized spacial score (nSPS) is 23.8. The van der Waals surface area contributed by atoms with Crippen molar-refractivity contribution in [1.29, 1.82) is 0 Å². The van der Waals surface area contributed by atoms with Gasteiger partial charge < -0.3 is 72.6 Å². The number of aliphatic carboxylic acids is 1. The largest absolute Gasteiger partial charge is 0.479 e. The molecule has 9 atom stereocenters. The van der Waals surface area contributed by atoms with Crippen molar-refractivity contribution in [3.05, 3.63) is 97.3 Å². The third-order valence-electron chi connectivity index (χ3n) is 13.6. The molecule has 78 heavy (non-hydrogen) atoms. The number of nitrogens with two attached hydrogens (primary N) is 1. The van der Waals surface area contributed by atoms with Crippen LogP contribution in [-0.2, 0) is 70.4 Å². The third kappa shape index (κ3) is 15.0. The molecule has 2 aromatic heterocycles. The van der Waals surface area contributed by atoms with Crippen molar-refractivity contribution in [2.24, 2.45) is 11.1 Å². The summed E-state index contributed by atoms with van der Waals surface area (Å²) in [5.74, 6) is -3.41. The zero-order valence-electron chi connectivity index (χ0n) is 42.8. The molecule has 1 saturated carbocycles. The lowest BCUT2D eigenvalue weighted by atomic mass is 9.99. The number of hydrogen-bond donors (Lipinski definition) is 9. The lowest BCUT2D eigenvalue weighted by Crippen LogP contribution is -2.61. The molecule has 0 unspecified atom stereocenters. The Hall–Kier alpha value is -6.50. The van der Waals surface area contributed by atoms with E-state index in [2.05, 4.69) is 28.1 Å². The number of imide groups is 1. The van der Waals surface area contributed by atoms with Gasteiger partial charge in [0.1, 0.15) is 29.4 Å². The fraction of sp³-hybridized carbons (Fsp3) is 0.490. The Labute approximate surface area is 449 Å². The zero-order chi connectivity index (χ0) is 54.8. The number of carboxylic acids is 1. The van der Waals surface area contributed by atoms with Gasteiger partial charge in [-0.05, 0) is 54.2 Å². The van der Waals surface area contributed by atoms with Gasteiger partial charge in [-0.25, -0.2) is 14.5 Å². The van der Waals surface area contributed by atoms with Gasteiger partial charge in [0.2, 0.25) is 35.9 Å². The van der Waals surface area contributed by atoms with Crippen molar-refractivity contribution in [3.8, 4) is 5.75 Å². The second kappa shape index (κ2) is 26.9. The number of aliphatic hydroxyl groups is 4. The minimum atomic E-state index is -4.25. The fourth-order valence-electron chi connectivity index (χ4n) is 9.72. The second-order valence-electron chi connectivity index (χ2n) is 18.9. The van der Waals surface area contributed by atoms with Gasteiger partial charge in [-0.1, -0.05) is 35.3 Å². The number of aliphatic hydroxyl groups excluding tert-OH is 4. The molecule has 4 aromatic rings. The first kappa shape index (κ1) is 59.2. The standard InChI is InChI=1S/C50H62N8O18S.CH3/c51-77(69,70)74-27-31-24-32(25-37(31)59)57-15-12-34-47(55-35-7-6-30-3-1-2-4-33(30)35)53-28-56(48(34)57)26-29-5-8-38(75-50-45(66)43(64)44(65)46(76-50)49(67)68)36(23-29)54-40(61)11-14-52-39(60)13-17-71-19-21-73-22-20-72-18-16-58-41(62)9-10-42(58)63;/h1-5,8-10,12,15,23,28,31-32,35,37,43-46,50,59,64-66H,6-7,11,13-14,16-22,24-27H2,(H5,51,52,54,60,61,67,68,69,70);1H3/q;-1/p+1/t31-,32+,35-,37-,43+,44+,45-,46+,50-;/m1./s1.